The van der Waals surface area contributed by atoms with Crippen LogP contribution in [0.3, 0.4) is 0 Å². The van der Waals surface area contributed by atoms with Gasteiger partial charge < -0.3 is 24.8 Å². The summed E-state index contributed by atoms with van der Waals surface area (Å²) in [5.74, 6) is -4.27. The lowest BCUT2D eigenvalue weighted by Gasteiger charge is -2.38. The predicted molar refractivity (Wildman–Crippen MR) is 169 cm³/mol. The molecule has 0 radical (unpaired) electrons. The SMILES string of the molecule is COCc1nc(N[C@H](C)c2cccc(C(F)(F)C3CCN(C(C)C)CC3)c2F)c2cc(N3CCN(C(C)=O)CC3)c(C)nc2n1. The zero-order chi connectivity index (χ0) is 32.5. The van der Waals surface area contributed by atoms with E-state index in [9.17, 15) is 4.79 Å². The smallest absolute Gasteiger partial charge is 0.278 e. The number of amides is 1. The summed E-state index contributed by atoms with van der Waals surface area (Å²) in [6, 6.07) is 5.80. The number of anilines is 2. The number of pyridine rings is 1. The fraction of sp³-hybridized carbons (Fsp3) is 0.576. The average Bonchev–Trinajstić information content (AvgIpc) is 3.01. The highest BCUT2D eigenvalue weighted by atomic mass is 19.3. The van der Waals surface area contributed by atoms with Crippen LogP contribution in [0.4, 0.5) is 24.7 Å². The van der Waals surface area contributed by atoms with E-state index in [4.69, 9.17) is 9.72 Å². The molecule has 0 saturated carbocycles. The van der Waals surface area contributed by atoms with Crippen molar-refractivity contribution in [3.63, 3.8) is 0 Å². The van der Waals surface area contributed by atoms with Gasteiger partial charge in [-0.25, -0.2) is 28.1 Å². The number of alkyl halides is 2. The molecule has 2 aliphatic heterocycles. The highest BCUT2D eigenvalue weighted by Crippen LogP contribution is 2.44. The maximum Gasteiger partial charge on any atom is 0.278 e. The summed E-state index contributed by atoms with van der Waals surface area (Å²) in [6.45, 7) is 13.1. The summed E-state index contributed by atoms with van der Waals surface area (Å²) in [4.78, 5) is 32.0. The Kier molecular flexibility index (Phi) is 9.83. The second kappa shape index (κ2) is 13.5. The topological polar surface area (TPSA) is 86.7 Å². The van der Waals surface area contributed by atoms with Gasteiger partial charge in [0.05, 0.1) is 28.4 Å². The zero-order valence-electron chi connectivity index (χ0n) is 27.0. The fourth-order valence-corrected chi connectivity index (χ4v) is 6.49. The van der Waals surface area contributed by atoms with Gasteiger partial charge in [0.15, 0.2) is 11.5 Å². The van der Waals surface area contributed by atoms with Crippen molar-refractivity contribution in [1.82, 2.24) is 24.8 Å². The van der Waals surface area contributed by atoms with E-state index >= 15 is 13.2 Å². The molecule has 9 nitrogen and oxygen atoms in total. The third kappa shape index (κ3) is 6.86. The van der Waals surface area contributed by atoms with Crippen molar-refractivity contribution in [2.24, 2.45) is 5.92 Å². The van der Waals surface area contributed by atoms with E-state index in [0.29, 0.717) is 80.8 Å². The van der Waals surface area contributed by atoms with Crippen LogP contribution in [-0.2, 0) is 22.1 Å². The number of fused-ring (bicyclic) bond motifs is 1. The van der Waals surface area contributed by atoms with Gasteiger partial charge in [-0.3, -0.25) is 4.79 Å². The van der Waals surface area contributed by atoms with Gasteiger partial charge in [-0.2, -0.15) is 0 Å². The highest BCUT2D eigenvalue weighted by molar-refractivity contribution is 5.90. The molecule has 45 heavy (non-hydrogen) atoms. The molecule has 12 heteroatoms. The molecule has 1 atom stereocenters. The van der Waals surface area contributed by atoms with E-state index in [-0.39, 0.29) is 18.1 Å². The molecule has 0 aliphatic carbocycles. The van der Waals surface area contributed by atoms with Crippen LogP contribution in [-0.4, -0.2) is 83.1 Å². The van der Waals surface area contributed by atoms with Gasteiger partial charge in [0.25, 0.3) is 5.92 Å². The van der Waals surface area contributed by atoms with Crippen LogP contribution in [0.25, 0.3) is 11.0 Å². The second-order valence-electron chi connectivity index (χ2n) is 12.5. The number of carbonyl (C=O) groups excluding carboxylic acids is 1. The summed E-state index contributed by atoms with van der Waals surface area (Å²) in [5.41, 5.74) is 1.69. The van der Waals surface area contributed by atoms with Crippen LogP contribution in [0.1, 0.15) is 69.2 Å². The molecular formula is C33H44F3N7O2. The number of rotatable bonds is 9. The lowest BCUT2D eigenvalue weighted by molar-refractivity contribution is -0.129. The minimum Gasteiger partial charge on any atom is -0.377 e. The monoisotopic (exact) mass is 627 g/mol. The Morgan fingerprint density at radius 2 is 1.76 bits per heavy atom. The number of aromatic nitrogens is 3. The zero-order valence-corrected chi connectivity index (χ0v) is 27.0. The Labute approximate surface area is 263 Å². The number of piperazine rings is 1. The molecule has 3 aromatic rings. The van der Waals surface area contributed by atoms with Crippen LogP contribution in [0.15, 0.2) is 24.3 Å². The molecule has 4 heterocycles. The molecule has 1 amide bonds. The summed E-state index contributed by atoms with van der Waals surface area (Å²) >= 11 is 0. The number of aryl methyl sites for hydroxylation is 1. The van der Waals surface area contributed by atoms with Crippen molar-refractivity contribution in [3.05, 3.63) is 52.7 Å². The number of halogens is 3. The third-order valence-electron chi connectivity index (χ3n) is 9.22. The van der Waals surface area contributed by atoms with Crippen LogP contribution in [0.5, 0.6) is 0 Å². The normalized spacial score (nSPS) is 17.7. The van der Waals surface area contributed by atoms with Gasteiger partial charge in [0.1, 0.15) is 18.2 Å². The molecule has 0 unspecified atom stereocenters. The number of ether oxygens (including phenoxy) is 1. The Balaban J connectivity index is 1.44. The first-order valence-corrected chi connectivity index (χ1v) is 15.8. The van der Waals surface area contributed by atoms with Crippen LogP contribution < -0.4 is 10.2 Å². The lowest BCUT2D eigenvalue weighted by Crippen LogP contribution is -2.48. The van der Waals surface area contributed by atoms with Crippen molar-refractivity contribution in [2.75, 3.05) is 56.6 Å². The average molecular weight is 628 g/mol. The van der Waals surface area contributed by atoms with Gasteiger partial charge in [-0.1, -0.05) is 18.2 Å². The summed E-state index contributed by atoms with van der Waals surface area (Å²) in [7, 11) is 1.54. The molecule has 5 rings (SSSR count). The van der Waals surface area contributed by atoms with E-state index in [0.717, 1.165) is 11.4 Å². The number of benzene rings is 1. The Bertz CT molecular complexity index is 1520. The van der Waals surface area contributed by atoms with E-state index in [2.05, 4.69) is 38.9 Å². The number of nitrogens with zero attached hydrogens (tertiary/aromatic N) is 6. The van der Waals surface area contributed by atoms with Crippen molar-refractivity contribution in [3.8, 4) is 0 Å². The number of nitrogens with one attached hydrogen (secondary N) is 1. The minimum absolute atomic E-state index is 0.0492. The van der Waals surface area contributed by atoms with Crippen LogP contribution in [0, 0.1) is 18.7 Å². The van der Waals surface area contributed by atoms with Gasteiger partial charge in [0, 0.05) is 57.7 Å². The van der Waals surface area contributed by atoms with Gasteiger partial charge in [-0.05, 0) is 59.7 Å². The Morgan fingerprint density at radius 1 is 1.07 bits per heavy atom. The molecule has 2 aromatic heterocycles. The quantitative estimate of drug-likeness (QED) is 0.325. The maximum atomic E-state index is 16.0. The predicted octanol–water partition coefficient (Wildman–Crippen LogP) is 5.67. The number of likely N-dealkylation sites (tertiary alicyclic amines) is 1. The van der Waals surface area contributed by atoms with Gasteiger partial charge >= 0.3 is 0 Å². The minimum atomic E-state index is -3.29. The molecule has 1 N–H and O–H groups in total. The standard InChI is InChI=1S/C33H44F3N7O2/c1-20(2)41-12-10-24(11-13-41)33(35,36)27-9-7-8-25(30(27)34)21(3)37-31-26-18-28(43-16-14-42(15-17-43)23(5)44)22(4)38-32(26)40-29(39-31)19-45-6/h7-9,18,20-21,24H,10-17,19H2,1-6H3,(H,37,38,39,40)/t21-/m1/s1. The summed E-state index contributed by atoms with van der Waals surface area (Å²) in [5, 5.41) is 3.90. The molecule has 0 spiro atoms. The molecule has 2 fully saturated rings. The molecular weight excluding hydrogens is 583 g/mol. The summed E-state index contributed by atoms with van der Waals surface area (Å²) < 4.78 is 52.9. The summed E-state index contributed by atoms with van der Waals surface area (Å²) in [6.07, 6.45) is 0.632. The van der Waals surface area contributed by atoms with E-state index in [1.165, 1.54) is 18.2 Å². The number of hydrogen-bond donors (Lipinski definition) is 1. The second-order valence-corrected chi connectivity index (χ2v) is 12.5. The van der Waals surface area contributed by atoms with Crippen molar-refractivity contribution < 1.29 is 22.7 Å². The van der Waals surface area contributed by atoms with Crippen molar-refractivity contribution >= 4 is 28.4 Å². The molecule has 2 saturated heterocycles. The largest absolute Gasteiger partial charge is 0.377 e. The number of carbonyl (C=O) groups is 1. The molecule has 2 aliphatic rings. The van der Waals surface area contributed by atoms with Crippen LogP contribution >= 0.6 is 0 Å². The first-order valence-electron chi connectivity index (χ1n) is 15.8. The van der Waals surface area contributed by atoms with Crippen LogP contribution in [0.2, 0.25) is 0 Å². The molecule has 244 valence electrons. The Morgan fingerprint density at radius 3 is 2.38 bits per heavy atom. The third-order valence-corrected chi connectivity index (χ3v) is 9.22. The molecule has 0 bridgehead atoms. The lowest BCUT2D eigenvalue weighted by atomic mass is 9.85. The van der Waals surface area contributed by atoms with E-state index in [1.807, 2.05) is 17.9 Å². The first-order chi connectivity index (χ1) is 21.4. The molecule has 1 aromatic carbocycles. The Hall–Kier alpha value is -3.51. The van der Waals surface area contributed by atoms with Crippen molar-refractivity contribution in [2.45, 2.75) is 72.1 Å². The van der Waals surface area contributed by atoms with Crippen molar-refractivity contribution in [1.29, 1.82) is 0 Å². The van der Waals surface area contributed by atoms with E-state index in [1.54, 1.807) is 21.0 Å². The van der Waals surface area contributed by atoms with E-state index < -0.39 is 29.3 Å². The number of hydrogen-bond acceptors (Lipinski definition) is 8. The fourth-order valence-electron chi connectivity index (χ4n) is 6.49. The number of piperidine rings is 1. The van der Waals surface area contributed by atoms with Gasteiger partial charge in [-0.15, -0.1) is 0 Å². The number of methoxy groups -OCH3 is 1. The first kappa shape index (κ1) is 32.9. The van der Waals surface area contributed by atoms with Gasteiger partial charge in [0.2, 0.25) is 5.91 Å². The maximum absolute atomic E-state index is 16.0. The highest BCUT2D eigenvalue weighted by Gasteiger charge is 2.45.